The number of carbonyl (C=O) groups is 3. The number of ketones is 1. The highest BCUT2D eigenvalue weighted by atomic mass is 35.5. The van der Waals surface area contributed by atoms with Crippen LogP contribution in [0.4, 0.5) is 5.69 Å². The average molecular weight is 969 g/mol. The quantitative estimate of drug-likeness (QED) is 0.0183. The Balaban J connectivity index is 1.25. The lowest BCUT2D eigenvalue weighted by molar-refractivity contribution is -0.277. The van der Waals surface area contributed by atoms with E-state index in [2.05, 4.69) is 15.0 Å². The molecule has 356 valence electrons. The number of phenols is 1. The summed E-state index contributed by atoms with van der Waals surface area (Å²) >= 11 is 6.51. The number of carbonyl (C=O) groups excluding carboxylic acids is 3. The lowest BCUT2D eigenvalue weighted by Crippen LogP contribution is -2.60. The zero-order valence-corrected chi connectivity index (χ0v) is 37.5. The fourth-order valence-electron chi connectivity index (χ4n) is 7.77. The number of likely N-dealkylation sites (N-methyl/N-ethyl adjacent to an activating group) is 1. The number of rotatable bonds is 18. The second-order valence-electron chi connectivity index (χ2n) is 15.5. The second kappa shape index (κ2) is 20.2. The SMILES string of the molecule is COc1ccc2c(OS(=O)(=O)Oc3cc(C(=O)N(C)CCOCCN=[N+]=[N-])ccc3O[C@@H]3O[C@H](CO)[C@H](O)[C@H](O)[C@H]3O)cc3c(c2c1)[C@H](CCl)CN3C(=O)c1cc2cc(C(C)=O)c(O)cc2[nH]1. The van der Waals surface area contributed by atoms with Crippen LogP contribution in [0.1, 0.15) is 49.6 Å². The smallest absolute Gasteiger partial charge is 0.501 e. The first-order chi connectivity index (χ1) is 32.0. The summed E-state index contributed by atoms with van der Waals surface area (Å²) in [6.07, 6.45) is -8.73. The number of nitrogens with zero attached hydrogens (tertiary/aromatic N) is 5. The van der Waals surface area contributed by atoms with Gasteiger partial charge in [-0.2, -0.15) is 0 Å². The minimum Gasteiger partial charge on any atom is -0.507 e. The van der Waals surface area contributed by atoms with Gasteiger partial charge < -0.3 is 67.6 Å². The molecule has 1 aromatic heterocycles. The molecular formula is C43H45ClN6O16S. The molecule has 67 heavy (non-hydrogen) atoms. The first-order valence-electron chi connectivity index (χ1n) is 20.5. The number of ether oxygens (including phenoxy) is 4. The van der Waals surface area contributed by atoms with Crippen molar-refractivity contribution in [2.24, 2.45) is 5.11 Å². The first kappa shape index (κ1) is 48.5. The molecule has 0 unspecified atom stereocenters. The molecule has 0 bridgehead atoms. The number of anilines is 1. The minimum absolute atomic E-state index is 0.0408. The summed E-state index contributed by atoms with van der Waals surface area (Å²) in [4.78, 5) is 48.3. The van der Waals surface area contributed by atoms with E-state index in [9.17, 15) is 48.3 Å². The van der Waals surface area contributed by atoms with E-state index in [1.165, 1.54) is 67.3 Å². The molecule has 0 aliphatic carbocycles. The highest BCUT2D eigenvalue weighted by Crippen LogP contribution is 2.47. The molecule has 6 atom stereocenters. The molecule has 24 heteroatoms. The van der Waals surface area contributed by atoms with Crippen LogP contribution in [-0.2, 0) is 19.9 Å². The molecule has 3 heterocycles. The van der Waals surface area contributed by atoms with Gasteiger partial charge in [-0.3, -0.25) is 14.4 Å². The van der Waals surface area contributed by atoms with Crippen LogP contribution in [0.2, 0.25) is 0 Å². The molecule has 6 N–H and O–H groups in total. The molecule has 2 aliphatic rings. The van der Waals surface area contributed by atoms with Crippen LogP contribution >= 0.6 is 11.6 Å². The Morgan fingerprint density at radius 1 is 0.985 bits per heavy atom. The molecule has 4 aromatic carbocycles. The summed E-state index contributed by atoms with van der Waals surface area (Å²) in [6.45, 7) is 0.826. The van der Waals surface area contributed by atoms with Gasteiger partial charge >= 0.3 is 10.4 Å². The molecule has 22 nitrogen and oxygen atoms in total. The summed E-state index contributed by atoms with van der Waals surface area (Å²) in [5.41, 5.74) is 9.64. The summed E-state index contributed by atoms with van der Waals surface area (Å²) in [5.74, 6) is -3.35. The van der Waals surface area contributed by atoms with E-state index >= 15 is 0 Å². The van der Waals surface area contributed by atoms with Crippen molar-refractivity contribution in [3.05, 3.63) is 93.5 Å². The Morgan fingerprint density at radius 2 is 1.75 bits per heavy atom. The highest BCUT2D eigenvalue weighted by Gasteiger charge is 2.45. The number of halogens is 1. The van der Waals surface area contributed by atoms with Crippen molar-refractivity contribution in [2.45, 2.75) is 43.5 Å². The monoisotopic (exact) mass is 968 g/mol. The number of azide groups is 1. The lowest BCUT2D eigenvalue weighted by atomic mass is 9.95. The van der Waals surface area contributed by atoms with E-state index in [0.717, 1.165) is 12.1 Å². The number of hydrogen-bond acceptors (Lipinski definition) is 17. The number of aromatic amines is 1. The molecular weight excluding hydrogens is 924 g/mol. The molecule has 2 aliphatic heterocycles. The van der Waals surface area contributed by atoms with Crippen molar-refractivity contribution in [3.8, 4) is 28.7 Å². The van der Waals surface area contributed by atoms with Crippen LogP contribution in [0, 0.1) is 0 Å². The van der Waals surface area contributed by atoms with Gasteiger partial charge in [0.1, 0.15) is 41.6 Å². The molecule has 2 amide bonds. The third kappa shape index (κ3) is 10.1. The fraction of sp³-hybridized carbons (Fsp3) is 0.372. The van der Waals surface area contributed by atoms with E-state index in [4.69, 9.17) is 44.4 Å². The molecule has 1 fully saturated rings. The van der Waals surface area contributed by atoms with Gasteiger partial charge in [0.05, 0.1) is 38.2 Å². The standard InChI is InChI=1S/C43H45ClN6O16S/c1-21(52)27-12-23-13-30(47-29(23)16-32(27)53)42(58)50-19-24(18-44)37-28-15-25(61-3)5-6-26(28)34(17-31(37)50)65-67(59,60)66-35-14-22(41(57)49(2)9-11-62-10-8-46-48-45)4-7-33(35)63-43-40(56)39(55)38(54)36(20-51)64-43/h4-7,12-17,24,36,38-40,43,47,51,53-56H,8-11,18-20H2,1-3H3/t24-,36-,38+,39+,40-,43-/m1/s1. The highest BCUT2D eigenvalue weighted by molar-refractivity contribution is 7.82. The van der Waals surface area contributed by atoms with Gasteiger partial charge in [0.15, 0.2) is 23.0 Å². The Morgan fingerprint density at radius 3 is 2.45 bits per heavy atom. The number of phenolic OH excluding ortho intramolecular Hbond substituents is 1. The number of aliphatic hydroxyl groups excluding tert-OH is 4. The number of methoxy groups -OCH3 is 1. The number of aliphatic hydroxyl groups is 4. The summed E-state index contributed by atoms with van der Waals surface area (Å²) in [5, 5.41) is 56.2. The van der Waals surface area contributed by atoms with Gasteiger partial charge in [0.2, 0.25) is 6.29 Å². The molecule has 5 aromatic rings. The van der Waals surface area contributed by atoms with Gasteiger partial charge in [0.25, 0.3) is 11.8 Å². The van der Waals surface area contributed by atoms with Gasteiger partial charge in [-0.05, 0) is 71.9 Å². The van der Waals surface area contributed by atoms with E-state index in [1.54, 1.807) is 12.1 Å². The zero-order chi connectivity index (χ0) is 48.3. The maximum Gasteiger partial charge on any atom is 0.501 e. The number of aromatic hydroxyl groups is 1. The number of benzene rings is 4. The predicted molar refractivity (Wildman–Crippen MR) is 238 cm³/mol. The largest absolute Gasteiger partial charge is 0.507 e. The van der Waals surface area contributed by atoms with Crippen molar-refractivity contribution in [2.75, 3.05) is 64.4 Å². The summed E-state index contributed by atoms with van der Waals surface area (Å²) < 4.78 is 61.6. The maximum absolute atomic E-state index is 14.4. The number of amides is 2. The number of hydrogen-bond donors (Lipinski definition) is 6. The summed E-state index contributed by atoms with van der Waals surface area (Å²) in [6, 6.07) is 13.7. The Bertz CT molecular complexity index is 2870. The average Bonchev–Trinajstić information content (AvgIpc) is 3.90. The second-order valence-corrected chi connectivity index (χ2v) is 17.0. The van der Waals surface area contributed by atoms with Crippen LogP contribution in [0.5, 0.6) is 28.7 Å². The molecule has 1 saturated heterocycles. The Kier molecular flexibility index (Phi) is 14.6. The van der Waals surface area contributed by atoms with Crippen molar-refractivity contribution in [1.29, 1.82) is 0 Å². The van der Waals surface area contributed by atoms with Crippen molar-refractivity contribution < 1.29 is 75.6 Å². The van der Waals surface area contributed by atoms with Crippen molar-refractivity contribution >= 4 is 67.0 Å². The van der Waals surface area contributed by atoms with Crippen LogP contribution in [0.15, 0.2) is 65.8 Å². The van der Waals surface area contributed by atoms with E-state index < -0.39 is 76.9 Å². The van der Waals surface area contributed by atoms with Crippen molar-refractivity contribution in [3.63, 3.8) is 0 Å². The number of fused-ring (bicyclic) bond motifs is 4. The summed E-state index contributed by atoms with van der Waals surface area (Å²) in [7, 11) is -2.38. The fourth-order valence-corrected chi connectivity index (χ4v) is 8.77. The number of aromatic nitrogens is 1. The van der Waals surface area contributed by atoms with E-state index in [-0.39, 0.29) is 83.9 Å². The number of nitrogens with one attached hydrogen (secondary N) is 1. The minimum atomic E-state index is -5.26. The first-order valence-corrected chi connectivity index (χ1v) is 22.3. The topological polar surface area (TPSA) is 313 Å². The Hall–Kier alpha value is -6.40. The zero-order valence-electron chi connectivity index (χ0n) is 35.9. The maximum atomic E-state index is 14.4. The van der Waals surface area contributed by atoms with Gasteiger partial charge in [0, 0.05) is 77.4 Å². The lowest BCUT2D eigenvalue weighted by Gasteiger charge is -2.39. The van der Waals surface area contributed by atoms with Gasteiger partial charge in [-0.15, -0.1) is 20.0 Å². The van der Waals surface area contributed by atoms with Crippen molar-refractivity contribution in [1.82, 2.24) is 9.88 Å². The van der Waals surface area contributed by atoms with Gasteiger partial charge in [-0.25, -0.2) is 0 Å². The number of alkyl halides is 1. The normalized spacial score (nSPS) is 20.3. The van der Waals surface area contributed by atoms with E-state index in [1.807, 2.05) is 0 Å². The molecule has 7 rings (SSSR count). The van der Waals surface area contributed by atoms with Gasteiger partial charge in [-0.1, -0.05) is 5.11 Å². The molecule has 0 radical (unpaired) electrons. The van der Waals surface area contributed by atoms with Crippen LogP contribution in [-0.4, -0.2) is 152 Å². The van der Waals surface area contributed by atoms with Crippen LogP contribution in [0.25, 0.3) is 32.1 Å². The molecule has 0 saturated carbocycles. The predicted octanol–water partition coefficient (Wildman–Crippen LogP) is 3.50. The third-order valence-electron chi connectivity index (χ3n) is 11.2. The number of H-pyrrole nitrogens is 1. The van der Waals surface area contributed by atoms with Crippen LogP contribution in [0.3, 0.4) is 0 Å². The third-order valence-corrected chi connectivity index (χ3v) is 12.3. The van der Waals surface area contributed by atoms with Crippen LogP contribution < -0.4 is 22.7 Å². The van der Waals surface area contributed by atoms with E-state index in [0.29, 0.717) is 27.6 Å². The Labute approximate surface area is 386 Å². The number of Topliss-reactive ketones (excluding diaryl/α,β-unsaturated/α-hetero) is 1. The molecule has 0 spiro atoms.